The van der Waals surface area contributed by atoms with Gasteiger partial charge in [-0.15, -0.1) is 11.8 Å². The standard InChI is InChI=1S/C10H13NO2S/c1-6-5-11-10(14-6)7-2-3-8(12)9(13)4-7/h2-4,6,10-13H,5H2,1H3. The Hall–Kier alpha value is -0.870. The van der Waals surface area contributed by atoms with Crippen LogP contribution in [0.2, 0.25) is 0 Å². The highest BCUT2D eigenvalue weighted by Crippen LogP contribution is 2.37. The molecule has 4 heteroatoms. The third-order valence-corrected chi connectivity index (χ3v) is 3.60. The Balaban J connectivity index is 2.20. The van der Waals surface area contributed by atoms with Crippen molar-refractivity contribution in [1.82, 2.24) is 5.32 Å². The summed E-state index contributed by atoms with van der Waals surface area (Å²) in [6.45, 7) is 3.15. The van der Waals surface area contributed by atoms with Gasteiger partial charge < -0.3 is 15.5 Å². The monoisotopic (exact) mass is 211 g/mol. The first-order chi connectivity index (χ1) is 6.66. The van der Waals surface area contributed by atoms with E-state index in [9.17, 15) is 5.11 Å². The minimum Gasteiger partial charge on any atom is -0.504 e. The lowest BCUT2D eigenvalue weighted by molar-refractivity contribution is 0.403. The van der Waals surface area contributed by atoms with Crippen LogP contribution in [-0.2, 0) is 0 Å². The molecule has 0 bridgehead atoms. The molecule has 2 rings (SSSR count). The SMILES string of the molecule is CC1CNC(c2ccc(O)c(O)c2)S1. The molecule has 1 saturated heterocycles. The molecule has 0 spiro atoms. The summed E-state index contributed by atoms with van der Waals surface area (Å²) >= 11 is 1.83. The summed E-state index contributed by atoms with van der Waals surface area (Å²) in [5.41, 5.74) is 1.01. The molecule has 2 unspecified atom stereocenters. The molecule has 14 heavy (non-hydrogen) atoms. The van der Waals surface area contributed by atoms with Crippen molar-refractivity contribution in [2.75, 3.05) is 6.54 Å². The van der Waals surface area contributed by atoms with Crippen molar-refractivity contribution in [1.29, 1.82) is 0 Å². The molecule has 2 atom stereocenters. The van der Waals surface area contributed by atoms with E-state index in [1.807, 2.05) is 17.8 Å². The molecule has 0 radical (unpaired) electrons. The summed E-state index contributed by atoms with van der Waals surface area (Å²) in [7, 11) is 0. The summed E-state index contributed by atoms with van der Waals surface area (Å²) < 4.78 is 0. The number of benzene rings is 1. The van der Waals surface area contributed by atoms with Crippen molar-refractivity contribution in [2.24, 2.45) is 0 Å². The van der Waals surface area contributed by atoms with Gasteiger partial charge in [0.15, 0.2) is 11.5 Å². The molecule has 0 aliphatic carbocycles. The van der Waals surface area contributed by atoms with Crippen LogP contribution in [0.25, 0.3) is 0 Å². The molecule has 1 aliphatic heterocycles. The molecule has 1 heterocycles. The van der Waals surface area contributed by atoms with E-state index in [0.717, 1.165) is 12.1 Å². The van der Waals surface area contributed by atoms with Crippen molar-refractivity contribution >= 4 is 11.8 Å². The summed E-state index contributed by atoms with van der Waals surface area (Å²) in [5.74, 6) is -0.116. The number of rotatable bonds is 1. The number of phenols is 2. The van der Waals surface area contributed by atoms with E-state index in [0.29, 0.717) is 5.25 Å². The van der Waals surface area contributed by atoms with Crippen molar-refractivity contribution in [3.05, 3.63) is 23.8 Å². The van der Waals surface area contributed by atoms with Crippen LogP contribution in [0.1, 0.15) is 17.9 Å². The average Bonchev–Trinajstić information content (AvgIpc) is 2.57. The average molecular weight is 211 g/mol. The van der Waals surface area contributed by atoms with Crippen LogP contribution in [0.3, 0.4) is 0 Å². The van der Waals surface area contributed by atoms with Gasteiger partial charge in [-0.25, -0.2) is 0 Å². The number of hydrogen-bond acceptors (Lipinski definition) is 4. The lowest BCUT2D eigenvalue weighted by atomic mass is 10.2. The quantitative estimate of drug-likeness (QED) is 0.620. The van der Waals surface area contributed by atoms with Gasteiger partial charge in [-0.3, -0.25) is 0 Å². The van der Waals surface area contributed by atoms with Gasteiger partial charge in [0.05, 0.1) is 5.37 Å². The Labute approximate surface area is 87.1 Å². The molecule has 76 valence electrons. The van der Waals surface area contributed by atoms with Gasteiger partial charge in [-0.2, -0.15) is 0 Å². The number of phenolic OH excluding ortho intramolecular Hbond substituents is 2. The van der Waals surface area contributed by atoms with Gasteiger partial charge in [0.1, 0.15) is 0 Å². The first-order valence-corrected chi connectivity index (χ1v) is 5.52. The van der Waals surface area contributed by atoms with Gasteiger partial charge in [0.2, 0.25) is 0 Å². The number of thioether (sulfide) groups is 1. The molecule has 0 saturated carbocycles. The molecule has 0 amide bonds. The summed E-state index contributed by atoms with van der Waals surface area (Å²) in [6.07, 6.45) is 0. The fraction of sp³-hybridized carbons (Fsp3) is 0.400. The number of hydrogen-bond donors (Lipinski definition) is 3. The van der Waals surface area contributed by atoms with Crippen LogP contribution in [0.4, 0.5) is 0 Å². The topological polar surface area (TPSA) is 52.5 Å². The van der Waals surface area contributed by atoms with Crippen LogP contribution in [-0.4, -0.2) is 22.0 Å². The smallest absolute Gasteiger partial charge is 0.157 e. The molecule has 0 aromatic heterocycles. The second kappa shape index (κ2) is 3.71. The van der Waals surface area contributed by atoms with E-state index < -0.39 is 0 Å². The van der Waals surface area contributed by atoms with Gasteiger partial charge in [0.25, 0.3) is 0 Å². The molecular weight excluding hydrogens is 198 g/mol. The third-order valence-electron chi connectivity index (χ3n) is 2.26. The maximum atomic E-state index is 9.34. The Morgan fingerprint density at radius 2 is 2.14 bits per heavy atom. The molecule has 1 aromatic carbocycles. The number of nitrogens with one attached hydrogen (secondary N) is 1. The van der Waals surface area contributed by atoms with Crippen LogP contribution >= 0.6 is 11.8 Å². The lowest BCUT2D eigenvalue weighted by Gasteiger charge is -2.10. The highest BCUT2D eigenvalue weighted by Gasteiger charge is 2.22. The normalized spacial score (nSPS) is 26.6. The van der Waals surface area contributed by atoms with Gasteiger partial charge in [-0.1, -0.05) is 13.0 Å². The van der Waals surface area contributed by atoms with E-state index in [-0.39, 0.29) is 16.9 Å². The Kier molecular flexibility index (Phi) is 2.56. The van der Waals surface area contributed by atoms with Crippen molar-refractivity contribution in [2.45, 2.75) is 17.5 Å². The van der Waals surface area contributed by atoms with Crippen LogP contribution < -0.4 is 5.32 Å². The maximum Gasteiger partial charge on any atom is 0.157 e. The predicted octanol–water partition coefficient (Wildman–Crippen LogP) is 1.82. The fourth-order valence-corrected chi connectivity index (χ4v) is 2.65. The zero-order chi connectivity index (χ0) is 10.1. The van der Waals surface area contributed by atoms with E-state index in [2.05, 4.69) is 12.2 Å². The van der Waals surface area contributed by atoms with E-state index in [1.54, 1.807) is 6.07 Å². The summed E-state index contributed by atoms with van der Waals surface area (Å²) in [5, 5.41) is 22.7. The Morgan fingerprint density at radius 1 is 1.36 bits per heavy atom. The molecule has 1 aliphatic rings. The van der Waals surface area contributed by atoms with Crippen LogP contribution in [0.15, 0.2) is 18.2 Å². The molecule has 3 nitrogen and oxygen atoms in total. The van der Waals surface area contributed by atoms with E-state index in [1.165, 1.54) is 6.07 Å². The van der Waals surface area contributed by atoms with Crippen molar-refractivity contribution in [3.63, 3.8) is 0 Å². The maximum absolute atomic E-state index is 9.34. The first-order valence-electron chi connectivity index (χ1n) is 4.57. The second-order valence-corrected chi connectivity index (χ2v) is 5.03. The molecule has 3 N–H and O–H groups in total. The Morgan fingerprint density at radius 3 is 2.71 bits per heavy atom. The van der Waals surface area contributed by atoms with Gasteiger partial charge in [0, 0.05) is 11.8 Å². The molecular formula is C10H13NO2S. The lowest BCUT2D eigenvalue weighted by Crippen LogP contribution is -2.13. The summed E-state index contributed by atoms with van der Waals surface area (Å²) in [4.78, 5) is 0. The Bertz CT molecular complexity index is 343. The van der Waals surface area contributed by atoms with Crippen molar-refractivity contribution < 1.29 is 10.2 Å². The predicted molar refractivity (Wildman–Crippen MR) is 57.6 cm³/mol. The van der Waals surface area contributed by atoms with Gasteiger partial charge in [-0.05, 0) is 17.7 Å². The zero-order valence-corrected chi connectivity index (χ0v) is 8.71. The van der Waals surface area contributed by atoms with E-state index >= 15 is 0 Å². The third kappa shape index (κ3) is 1.81. The number of aromatic hydroxyl groups is 2. The highest BCUT2D eigenvalue weighted by molar-refractivity contribution is 8.00. The zero-order valence-electron chi connectivity index (χ0n) is 7.90. The second-order valence-electron chi connectivity index (χ2n) is 3.48. The molecule has 1 aromatic rings. The van der Waals surface area contributed by atoms with Crippen LogP contribution in [0.5, 0.6) is 11.5 Å². The first kappa shape index (κ1) is 9.68. The minimum atomic E-state index is -0.0650. The van der Waals surface area contributed by atoms with Crippen molar-refractivity contribution in [3.8, 4) is 11.5 Å². The van der Waals surface area contributed by atoms with Gasteiger partial charge >= 0.3 is 0 Å². The summed E-state index contributed by atoms with van der Waals surface area (Å²) in [6, 6.07) is 4.96. The van der Waals surface area contributed by atoms with E-state index in [4.69, 9.17) is 5.11 Å². The highest BCUT2D eigenvalue weighted by atomic mass is 32.2. The fourth-order valence-electron chi connectivity index (χ4n) is 1.50. The molecule has 1 fully saturated rings. The largest absolute Gasteiger partial charge is 0.504 e. The van der Waals surface area contributed by atoms with Crippen LogP contribution in [0, 0.1) is 0 Å². The minimum absolute atomic E-state index is 0.0514.